The molecule has 0 atom stereocenters. The summed E-state index contributed by atoms with van der Waals surface area (Å²) in [5.41, 5.74) is 0.398. The Balaban J connectivity index is 2.08. The quantitative estimate of drug-likeness (QED) is 0.749. The molecule has 146 valence electrons. The van der Waals surface area contributed by atoms with Gasteiger partial charge in [0.1, 0.15) is 5.75 Å². The van der Waals surface area contributed by atoms with Gasteiger partial charge in [-0.1, -0.05) is 4.47 Å². The molecule has 0 heterocycles. The molecule has 1 N–H and O–H groups in total. The van der Waals surface area contributed by atoms with E-state index in [4.69, 9.17) is 0 Å². The zero-order chi connectivity index (χ0) is 20.2. The van der Waals surface area contributed by atoms with Crippen molar-refractivity contribution in [1.82, 2.24) is 4.47 Å². The molecule has 0 fully saturated rings. The first-order valence-corrected chi connectivity index (χ1v) is 8.77. The first-order valence-electron chi connectivity index (χ1n) is 7.33. The highest BCUT2D eigenvalue weighted by molar-refractivity contribution is 7.89. The van der Waals surface area contributed by atoms with Crippen molar-refractivity contribution in [2.24, 2.45) is 0 Å². The highest BCUT2D eigenvalue weighted by atomic mass is 32.2. The van der Waals surface area contributed by atoms with E-state index < -0.39 is 28.0 Å². The van der Waals surface area contributed by atoms with Gasteiger partial charge < -0.3 is 10.1 Å². The van der Waals surface area contributed by atoms with Gasteiger partial charge in [-0.15, -0.1) is 13.2 Å². The molecule has 0 spiro atoms. The molecule has 0 saturated carbocycles. The van der Waals surface area contributed by atoms with Crippen LogP contribution in [0.1, 0.15) is 10.4 Å². The maximum absolute atomic E-state index is 12.1. The zero-order valence-electron chi connectivity index (χ0n) is 14.1. The van der Waals surface area contributed by atoms with E-state index in [1.807, 2.05) is 0 Å². The lowest BCUT2D eigenvalue weighted by molar-refractivity contribution is -0.274. The van der Waals surface area contributed by atoms with Gasteiger partial charge in [-0.05, 0) is 48.5 Å². The Hall–Kier alpha value is -2.63. The Bertz CT molecular complexity index is 897. The molecule has 0 aliphatic rings. The number of halogens is 3. The second-order valence-electron chi connectivity index (χ2n) is 5.15. The number of hydroxylamine groups is 1. The van der Waals surface area contributed by atoms with Gasteiger partial charge >= 0.3 is 6.36 Å². The smallest absolute Gasteiger partial charge is 0.406 e. The third-order valence-corrected chi connectivity index (χ3v) is 5.05. The van der Waals surface area contributed by atoms with E-state index >= 15 is 0 Å². The summed E-state index contributed by atoms with van der Waals surface area (Å²) in [6.45, 7) is 0. The minimum Gasteiger partial charge on any atom is -0.406 e. The standard InChI is InChI=1S/C16H15F3N2O5S/c1-21(25-2)27(23,24)14-9-5-12(6-10-14)20-15(22)11-3-7-13(8-4-11)26-16(17,18)19/h3-10H,1-2H3,(H,20,22). The molecule has 27 heavy (non-hydrogen) atoms. The van der Waals surface area contributed by atoms with Gasteiger partial charge in [-0.2, -0.15) is 0 Å². The third-order valence-electron chi connectivity index (χ3n) is 3.36. The van der Waals surface area contributed by atoms with Crippen molar-refractivity contribution in [3.05, 3.63) is 54.1 Å². The lowest BCUT2D eigenvalue weighted by Crippen LogP contribution is -2.25. The van der Waals surface area contributed by atoms with Gasteiger partial charge in [0.2, 0.25) is 0 Å². The first kappa shape index (κ1) is 20.7. The average molecular weight is 404 g/mol. The first-order chi connectivity index (χ1) is 12.5. The zero-order valence-corrected chi connectivity index (χ0v) is 15.0. The minimum atomic E-state index is -4.82. The molecule has 0 unspecified atom stereocenters. The largest absolute Gasteiger partial charge is 0.573 e. The van der Waals surface area contributed by atoms with Crippen molar-refractivity contribution >= 4 is 21.6 Å². The molecule has 2 aromatic carbocycles. The fraction of sp³-hybridized carbons (Fsp3) is 0.188. The number of carbonyl (C=O) groups excluding carboxylic acids is 1. The summed E-state index contributed by atoms with van der Waals surface area (Å²) in [6.07, 6.45) is -4.82. The molecule has 0 aromatic heterocycles. The number of alkyl halides is 3. The molecule has 0 aliphatic heterocycles. The van der Waals surface area contributed by atoms with Crippen molar-refractivity contribution < 1.29 is 36.0 Å². The summed E-state index contributed by atoms with van der Waals surface area (Å²) in [5, 5.41) is 2.51. The molecule has 0 bridgehead atoms. The normalized spacial score (nSPS) is 12.1. The van der Waals surface area contributed by atoms with Crippen LogP contribution in [-0.2, 0) is 14.9 Å². The van der Waals surface area contributed by atoms with Gasteiger partial charge in [0.15, 0.2) is 0 Å². The van der Waals surface area contributed by atoms with Crippen LogP contribution in [0.2, 0.25) is 0 Å². The molecule has 0 aliphatic carbocycles. The van der Waals surface area contributed by atoms with Gasteiger partial charge in [0, 0.05) is 18.3 Å². The van der Waals surface area contributed by atoms with Crippen LogP contribution >= 0.6 is 0 Å². The number of hydrogen-bond acceptors (Lipinski definition) is 5. The monoisotopic (exact) mass is 404 g/mol. The Morgan fingerprint density at radius 2 is 1.59 bits per heavy atom. The topological polar surface area (TPSA) is 84.9 Å². The number of anilines is 1. The highest BCUT2D eigenvalue weighted by Crippen LogP contribution is 2.23. The van der Waals surface area contributed by atoms with Crippen LogP contribution in [0.3, 0.4) is 0 Å². The van der Waals surface area contributed by atoms with E-state index in [-0.39, 0.29) is 10.5 Å². The van der Waals surface area contributed by atoms with Gasteiger partial charge in [0.05, 0.1) is 12.0 Å². The van der Waals surface area contributed by atoms with E-state index in [9.17, 15) is 26.4 Å². The fourth-order valence-corrected chi connectivity index (χ4v) is 2.94. The number of nitrogens with one attached hydrogen (secondary N) is 1. The molecule has 2 rings (SSSR count). The second kappa shape index (κ2) is 7.94. The van der Waals surface area contributed by atoms with Crippen molar-refractivity contribution in [3.63, 3.8) is 0 Å². The lowest BCUT2D eigenvalue weighted by Gasteiger charge is -2.14. The Morgan fingerprint density at radius 1 is 1.04 bits per heavy atom. The number of ether oxygens (including phenoxy) is 1. The van der Waals surface area contributed by atoms with Crippen LogP contribution in [0, 0.1) is 0 Å². The van der Waals surface area contributed by atoms with E-state index in [0.29, 0.717) is 10.2 Å². The van der Waals surface area contributed by atoms with Crippen LogP contribution in [0.4, 0.5) is 18.9 Å². The number of benzene rings is 2. The van der Waals surface area contributed by atoms with Crippen molar-refractivity contribution in [1.29, 1.82) is 0 Å². The maximum atomic E-state index is 12.1. The maximum Gasteiger partial charge on any atom is 0.573 e. The van der Waals surface area contributed by atoms with E-state index in [0.717, 1.165) is 12.1 Å². The fourth-order valence-electron chi connectivity index (χ4n) is 1.97. The van der Waals surface area contributed by atoms with Gasteiger partial charge in [-0.25, -0.2) is 8.42 Å². The number of rotatable bonds is 6. The van der Waals surface area contributed by atoms with Crippen LogP contribution in [0.15, 0.2) is 53.4 Å². The molecule has 1 amide bonds. The Kier molecular flexibility index (Phi) is 6.08. The average Bonchev–Trinajstić information content (AvgIpc) is 2.60. The third kappa shape index (κ3) is 5.42. The number of carbonyl (C=O) groups is 1. The number of sulfonamides is 1. The second-order valence-corrected chi connectivity index (χ2v) is 7.08. The highest BCUT2D eigenvalue weighted by Gasteiger charge is 2.31. The molecule has 0 radical (unpaired) electrons. The van der Waals surface area contributed by atoms with Gasteiger partial charge in [-0.3, -0.25) is 9.63 Å². The molecule has 7 nitrogen and oxygen atoms in total. The van der Waals surface area contributed by atoms with Crippen molar-refractivity contribution in [2.45, 2.75) is 11.3 Å². The molecular formula is C16H15F3N2O5S. The Labute approximate surface area is 153 Å². The van der Waals surface area contributed by atoms with Crippen molar-refractivity contribution in [3.8, 4) is 5.75 Å². The van der Waals surface area contributed by atoms with Crippen LogP contribution < -0.4 is 10.1 Å². The summed E-state index contributed by atoms with van der Waals surface area (Å²) in [7, 11) is -1.37. The summed E-state index contributed by atoms with van der Waals surface area (Å²) >= 11 is 0. The number of hydrogen-bond donors (Lipinski definition) is 1. The van der Waals surface area contributed by atoms with Crippen LogP contribution in [-0.4, -0.2) is 39.3 Å². The predicted molar refractivity (Wildman–Crippen MR) is 89.5 cm³/mol. The SMILES string of the molecule is CON(C)S(=O)(=O)c1ccc(NC(=O)c2ccc(OC(F)(F)F)cc2)cc1. The molecule has 2 aromatic rings. The van der Waals surface area contributed by atoms with E-state index in [2.05, 4.69) is 14.9 Å². The van der Waals surface area contributed by atoms with E-state index in [1.54, 1.807) is 0 Å². The summed E-state index contributed by atoms with van der Waals surface area (Å²) in [4.78, 5) is 16.7. The predicted octanol–water partition coefficient (Wildman–Crippen LogP) is 3.02. The van der Waals surface area contributed by atoms with Crippen LogP contribution in [0.5, 0.6) is 5.75 Å². The summed E-state index contributed by atoms with van der Waals surface area (Å²) < 4.78 is 64.9. The van der Waals surface area contributed by atoms with Crippen LogP contribution in [0.25, 0.3) is 0 Å². The van der Waals surface area contributed by atoms with Crippen molar-refractivity contribution in [2.75, 3.05) is 19.5 Å². The molecular weight excluding hydrogens is 389 g/mol. The number of amides is 1. The van der Waals surface area contributed by atoms with E-state index in [1.165, 1.54) is 50.6 Å². The summed E-state index contributed by atoms with van der Waals surface area (Å²) in [5.74, 6) is -1.03. The number of nitrogens with zero attached hydrogens (tertiary/aromatic N) is 1. The molecule has 11 heteroatoms. The minimum absolute atomic E-state index is 0.0431. The summed E-state index contributed by atoms with van der Waals surface area (Å²) in [6, 6.07) is 9.66. The lowest BCUT2D eigenvalue weighted by atomic mass is 10.2. The Morgan fingerprint density at radius 3 is 2.07 bits per heavy atom. The van der Waals surface area contributed by atoms with Gasteiger partial charge in [0.25, 0.3) is 15.9 Å². The molecule has 0 saturated heterocycles.